The number of rotatable bonds is 5. The number of thiazole rings is 1. The van der Waals surface area contributed by atoms with Crippen molar-refractivity contribution in [3.63, 3.8) is 0 Å². The van der Waals surface area contributed by atoms with Gasteiger partial charge < -0.3 is 19.5 Å². The van der Waals surface area contributed by atoms with E-state index >= 15 is 0 Å². The number of anilines is 2. The van der Waals surface area contributed by atoms with Crippen molar-refractivity contribution in [2.24, 2.45) is 7.05 Å². The van der Waals surface area contributed by atoms with Crippen molar-refractivity contribution in [1.29, 1.82) is 0 Å². The minimum Gasteiger partial charge on any atom is -0.452 e. The van der Waals surface area contributed by atoms with Crippen LogP contribution in [-0.2, 0) is 12.5 Å². The van der Waals surface area contributed by atoms with Crippen LogP contribution in [-0.4, -0.2) is 59.3 Å². The molecule has 1 fully saturated rings. The summed E-state index contributed by atoms with van der Waals surface area (Å²) in [5, 5.41) is 8.76. The van der Waals surface area contributed by atoms with Crippen molar-refractivity contribution < 1.29 is 4.74 Å². The molecule has 1 saturated heterocycles. The van der Waals surface area contributed by atoms with Crippen LogP contribution in [0.1, 0.15) is 38.9 Å². The Morgan fingerprint density at radius 2 is 1.97 bits per heavy atom. The number of likely N-dealkylation sites (N-methyl/N-ethyl adjacent to an activating group) is 1. The Morgan fingerprint density at radius 3 is 2.73 bits per heavy atom. The van der Waals surface area contributed by atoms with Crippen molar-refractivity contribution >= 4 is 56.2 Å². The van der Waals surface area contributed by atoms with Gasteiger partial charge in [0.2, 0.25) is 5.95 Å². The van der Waals surface area contributed by atoms with E-state index in [-0.39, 0.29) is 5.41 Å². The monoisotopic (exact) mass is 537 g/mol. The summed E-state index contributed by atoms with van der Waals surface area (Å²) in [5.41, 5.74) is 4.85. The maximum atomic E-state index is 6.79. The van der Waals surface area contributed by atoms with E-state index < -0.39 is 0 Å². The van der Waals surface area contributed by atoms with Crippen LogP contribution in [0.15, 0.2) is 30.0 Å². The van der Waals surface area contributed by atoms with Crippen molar-refractivity contribution in [1.82, 2.24) is 39.2 Å². The number of aromatic nitrogens is 7. The summed E-state index contributed by atoms with van der Waals surface area (Å²) in [7, 11) is 4.05. The van der Waals surface area contributed by atoms with E-state index in [1.54, 1.807) is 17.9 Å². The second kappa shape index (κ2) is 8.93. The highest BCUT2D eigenvalue weighted by molar-refractivity contribution is 7.16. The van der Waals surface area contributed by atoms with Crippen molar-refractivity contribution in [3.8, 4) is 11.5 Å². The lowest BCUT2D eigenvalue weighted by atomic mass is 9.91. The molecule has 1 N–H and O–H groups in total. The summed E-state index contributed by atoms with van der Waals surface area (Å²) in [6.07, 6.45) is 4.32. The number of pyridine rings is 2. The molecule has 37 heavy (non-hydrogen) atoms. The van der Waals surface area contributed by atoms with Gasteiger partial charge in [0, 0.05) is 36.8 Å². The largest absolute Gasteiger partial charge is 0.452 e. The number of nitrogens with one attached hydrogen (secondary N) is 1. The van der Waals surface area contributed by atoms with Crippen LogP contribution < -0.4 is 10.1 Å². The molecule has 6 rings (SSSR count). The molecular formula is C25H28ClN9OS. The molecule has 0 aliphatic carbocycles. The molecule has 1 unspecified atom stereocenters. The van der Waals surface area contributed by atoms with Gasteiger partial charge in [-0.3, -0.25) is 4.68 Å². The Balaban J connectivity index is 1.32. The average molecular weight is 538 g/mol. The molecule has 0 amide bonds. The van der Waals surface area contributed by atoms with Gasteiger partial charge in [0.25, 0.3) is 0 Å². The Morgan fingerprint density at radius 1 is 1.14 bits per heavy atom. The molecule has 0 aromatic carbocycles. The highest BCUT2D eigenvalue weighted by Crippen LogP contribution is 2.37. The van der Waals surface area contributed by atoms with E-state index in [2.05, 4.69) is 68.7 Å². The van der Waals surface area contributed by atoms with Gasteiger partial charge >= 0.3 is 0 Å². The first-order valence-electron chi connectivity index (χ1n) is 12.1. The summed E-state index contributed by atoms with van der Waals surface area (Å²) in [5.74, 6) is 2.30. The minimum absolute atomic E-state index is 0.0477. The van der Waals surface area contributed by atoms with Gasteiger partial charge in [0.1, 0.15) is 26.6 Å². The average Bonchev–Trinajstić information content (AvgIpc) is 3.62. The van der Waals surface area contributed by atoms with Gasteiger partial charge in [-0.1, -0.05) is 32.4 Å². The van der Waals surface area contributed by atoms with E-state index in [1.165, 1.54) is 17.0 Å². The van der Waals surface area contributed by atoms with Crippen LogP contribution in [0.25, 0.3) is 21.5 Å². The molecule has 12 heteroatoms. The number of aryl methyl sites for hydroxylation is 1. The number of likely N-dealkylation sites (tertiary alicyclic amines) is 1. The number of hydrogen-bond acceptors (Lipinski definition) is 9. The number of ether oxygens (including phenoxy) is 1. The topological polar surface area (TPSA) is 98.8 Å². The summed E-state index contributed by atoms with van der Waals surface area (Å²) >= 11 is 8.27. The third-order valence-corrected chi connectivity index (χ3v) is 7.77. The van der Waals surface area contributed by atoms with E-state index in [0.717, 1.165) is 35.7 Å². The Kier molecular flexibility index (Phi) is 5.81. The Labute approximate surface area is 223 Å². The van der Waals surface area contributed by atoms with Gasteiger partial charge in [-0.15, -0.1) is 11.3 Å². The highest BCUT2D eigenvalue weighted by Gasteiger charge is 2.29. The molecule has 5 aromatic heterocycles. The summed E-state index contributed by atoms with van der Waals surface area (Å²) < 4.78 is 10.1. The van der Waals surface area contributed by atoms with Gasteiger partial charge in [0.15, 0.2) is 17.2 Å². The fourth-order valence-electron chi connectivity index (χ4n) is 4.74. The first-order chi connectivity index (χ1) is 17.7. The highest BCUT2D eigenvalue weighted by atomic mass is 35.5. The number of fused-ring (bicyclic) bond motifs is 2. The number of nitrogens with zero attached hydrogens (tertiary/aromatic N) is 8. The van der Waals surface area contributed by atoms with Crippen molar-refractivity contribution in [2.45, 2.75) is 38.6 Å². The Bertz CT molecular complexity index is 1620. The van der Waals surface area contributed by atoms with Crippen LogP contribution in [0.2, 0.25) is 5.02 Å². The standard InChI is InChI=1S/C25H28ClN9OS/c1-25(2,3)18-9-19(32-35(18)14-6-7-33(4)12-14)30-24-31-22-21(34(24)5)20(26)17(11-27-22)36-15-8-16-23(28-10-15)37-13-29-16/h8-11,13-14H,6-7,12H2,1-5H3,(H,27,30,31,32). The number of halogens is 1. The predicted molar refractivity (Wildman–Crippen MR) is 146 cm³/mol. The fraction of sp³-hybridized carbons (Fsp3) is 0.400. The molecule has 0 saturated carbocycles. The number of hydrogen-bond donors (Lipinski definition) is 1. The first-order valence-corrected chi connectivity index (χ1v) is 13.4. The molecule has 192 valence electrons. The van der Waals surface area contributed by atoms with E-state index in [4.69, 9.17) is 21.4 Å². The molecule has 5 aromatic rings. The fourth-order valence-corrected chi connectivity index (χ4v) is 5.65. The van der Waals surface area contributed by atoms with E-state index in [0.29, 0.717) is 39.7 Å². The van der Waals surface area contributed by atoms with Gasteiger partial charge in [0.05, 0.1) is 23.9 Å². The zero-order chi connectivity index (χ0) is 25.9. The molecule has 1 aliphatic rings. The van der Waals surface area contributed by atoms with Gasteiger partial charge in [-0.2, -0.15) is 10.1 Å². The lowest BCUT2D eigenvalue weighted by Crippen LogP contribution is -2.24. The minimum atomic E-state index is -0.0477. The van der Waals surface area contributed by atoms with Crippen LogP contribution in [0, 0.1) is 0 Å². The molecule has 0 radical (unpaired) electrons. The molecule has 0 spiro atoms. The molecule has 1 atom stereocenters. The van der Waals surface area contributed by atoms with Crippen LogP contribution in [0.5, 0.6) is 11.5 Å². The molecule has 1 aliphatic heterocycles. The molecular weight excluding hydrogens is 510 g/mol. The maximum absolute atomic E-state index is 6.79. The van der Waals surface area contributed by atoms with Gasteiger partial charge in [-0.05, 0) is 20.0 Å². The SMILES string of the molecule is CN1CCC(n2nc(Nc3nc4ncc(Oc5cnc6scnc6c5)c(Cl)c4n3C)cc2C(C)(C)C)C1. The van der Waals surface area contributed by atoms with Crippen LogP contribution in [0.4, 0.5) is 11.8 Å². The summed E-state index contributed by atoms with van der Waals surface area (Å²) in [6.45, 7) is 8.70. The maximum Gasteiger partial charge on any atom is 0.210 e. The molecule has 0 bridgehead atoms. The lowest BCUT2D eigenvalue weighted by molar-refractivity contribution is 0.366. The first kappa shape index (κ1) is 24.1. The summed E-state index contributed by atoms with van der Waals surface area (Å²) in [4.78, 5) is 21.1. The van der Waals surface area contributed by atoms with Crippen LogP contribution in [0.3, 0.4) is 0 Å². The second-order valence-electron chi connectivity index (χ2n) is 10.5. The van der Waals surface area contributed by atoms with Crippen molar-refractivity contribution in [2.75, 3.05) is 25.5 Å². The quantitative estimate of drug-likeness (QED) is 0.312. The predicted octanol–water partition coefficient (Wildman–Crippen LogP) is 5.53. The Hall–Kier alpha value is -3.28. The second-order valence-corrected chi connectivity index (χ2v) is 11.7. The third kappa shape index (κ3) is 4.41. The van der Waals surface area contributed by atoms with Crippen molar-refractivity contribution in [3.05, 3.63) is 40.8 Å². The third-order valence-electron chi connectivity index (χ3n) is 6.65. The number of imidazole rings is 1. The normalized spacial score (nSPS) is 16.8. The van der Waals surface area contributed by atoms with E-state index in [1.807, 2.05) is 17.7 Å². The lowest BCUT2D eigenvalue weighted by Gasteiger charge is -2.23. The zero-order valence-corrected chi connectivity index (χ0v) is 22.9. The molecule has 6 heterocycles. The summed E-state index contributed by atoms with van der Waals surface area (Å²) in [6, 6.07) is 4.30. The molecule has 10 nitrogen and oxygen atoms in total. The van der Waals surface area contributed by atoms with Crippen LogP contribution >= 0.6 is 22.9 Å². The van der Waals surface area contributed by atoms with Gasteiger partial charge in [-0.25, -0.2) is 15.0 Å². The smallest absolute Gasteiger partial charge is 0.210 e. The van der Waals surface area contributed by atoms with E-state index in [9.17, 15) is 0 Å². The zero-order valence-electron chi connectivity index (χ0n) is 21.4.